The molecule has 2 atom stereocenters. The number of carboxylic acid groups (broad SMARTS) is 1. The van der Waals surface area contributed by atoms with Crippen molar-refractivity contribution in [2.75, 3.05) is 0 Å². The van der Waals surface area contributed by atoms with Crippen LogP contribution in [0.15, 0.2) is 48.9 Å². The lowest BCUT2D eigenvalue weighted by atomic mass is 9.91. The van der Waals surface area contributed by atoms with E-state index < -0.39 is 5.97 Å². The summed E-state index contributed by atoms with van der Waals surface area (Å²) in [5.41, 5.74) is 5.84. The Morgan fingerprint density at radius 2 is 1.72 bits per heavy atom. The van der Waals surface area contributed by atoms with Gasteiger partial charge >= 0.3 is 5.97 Å². The predicted octanol–water partition coefficient (Wildman–Crippen LogP) is 5.94. The molecule has 4 aromatic rings. The molecule has 2 fully saturated rings. The first-order chi connectivity index (χ1) is 18.8. The number of H-pyrrole nitrogens is 1. The quantitative estimate of drug-likeness (QED) is 0.338. The lowest BCUT2D eigenvalue weighted by Gasteiger charge is -2.15. The molecule has 3 aliphatic rings. The monoisotopic (exact) mass is 529 g/mol. The van der Waals surface area contributed by atoms with Gasteiger partial charge in [0, 0.05) is 36.2 Å². The van der Waals surface area contributed by atoms with Crippen LogP contribution in [0.25, 0.3) is 5.69 Å². The van der Waals surface area contributed by atoms with Crippen LogP contribution in [0.1, 0.15) is 110 Å². The Labute approximate surface area is 229 Å². The van der Waals surface area contributed by atoms with Crippen LogP contribution in [0.3, 0.4) is 0 Å². The molecular formula is C30H39N7O2. The van der Waals surface area contributed by atoms with Crippen molar-refractivity contribution in [3.05, 3.63) is 77.1 Å². The molecule has 0 bridgehead atoms. The van der Waals surface area contributed by atoms with Crippen molar-refractivity contribution >= 4 is 5.97 Å². The summed E-state index contributed by atoms with van der Waals surface area (Å²) in [6.07, 6.45) is 17.6. The van der Waals surface area contributed by atoms with Crippen molar-refractivity contribution in [1.82, 2.24) is 35.0 Å². The van der Waals surface area contributed by atoms with Gasteiger partial charge in [0.15, 0.2) is 0 Å². The highest BCUT2D eigenvalue weighted by atomic mass is 16.4. The molecule has 1 aromatic carbocycles. The Hall–Kier alpha value is -3.75. The van der Waals surface area contributed by atoms with E-state index in [2.05, 4.69) is 39.5 Å². The summed E-state index contributed by atoms with van der Waals surface area (Å²) < 4.78 is 3.39. The van der Waals surface area contributed by atoms with Crippen molar-refractivity contribution in [1.29, 1.82) is 0 Å². The van der Waals surface area contributed by atoms with E-state index in [-0.39, 0.29) is 17.4 Å². The molecule has 7 rings (SSSR count). The topological polar surface area (TPSA) is 115 Å². The second-order valence-corrected chi connectivity index (χ2v) is 11.5. The van der Waals surface area contributed by atoms with Gasteiger partial charge in [-0.05, 0) is 37.0 Å². The standard InChI is InChI=1S/C16H15N5O2.C8H12N2.C6H12/c1-20-9-14(18-19-20)11-7-12(11)15-13(16(22)23)8-17-21(15)10-5-3-2-4-6-10;1-8(2)4-3-6-5-9-10-7(6)8;1-2-4-6-5-3-1/h2-6,8-9,11-12H,7H2,1H3,(H,22,23);5H,3-4H2,1-2H3,(H,9,10);1-6H2. The number of hydrogen-bond acceptors (Lipinski definition) is 5. The van der Waals surface area contributed by atoms with E-state index in [9.17, 15) is 9.90 Å². The van der Waals surface area contributed by atoms with Gasteiger partial charge in [-0.25, -0.2) is 9.48 Å². The minimum Gasteiger partial charge on any atom is -0.478 e. The second-order valence-electron chi connectivity index (χ2n) is 11.5. The van der Waals surface area contributed by atoms with Crippen molar-refractivity contribution in [2.24, 2.45) is 7.05 Å². The number of nitrogens with one attached hydrogen (secondary N) is 1. The van der Waals surface area contributed by atoms with Gasteiger partial charge in [-0.3, -0.25) is 9.78 Å². The molecule has 0 saturated heterocycles. The maximum atomic E-state index is 11.6. The summed E-state index contributed by atoms with van der Waals surface area (Å²) in [5.74, 6) is -0.659. The number of aryl methyl sites for hydroxylation is 2. The minimum absolute atomic E-state index is 0.0977. The maximum absolute atomic E-state index is 11.6. The Bertz CT molecular complexity index is 1370. The van der Waals surface area contributed by atoms with Gasteiger partial charge in [-0.1, -0.05) is 75.8 Å². The highest BCUT2D eigenvalue weighted by molar-refractivity contribution is 5.89. The molecule has 3 aromatic heterocycles. The summed E-state index contributed by atoms with van der Waals surface area (Å²) in [7, 11) is 1.82. The fourth-order valence-corrected chi connectivity index (χ4v) is 5.73. The van der Waals surface area contributed by atoms with Crippen LogP contribution >= 0.6 is 0 Å². The average molecular weight is 530 g/mol. The third kappa shape index (κ3) is 6.13. The van der Waals surface area contributed by atoms with Crippen molar-refractivity contribution < 1.29 is 9.90 Å². The highest BCUT2D eigenvalue weighted by Crippen LogP contribution is 2.55. The van der Waals surface area contributed by atoms with E-state index in [1.165, 1.54) is 68.8 Å². The molecule has 0 spiro atoms. The molecular weight excluding hydrogens is 490 g/mol. The van der Waals surface area contributed by atoms with E-state index >= 15 is 0 Å². The summed E-state index contributed by atoms with van der Waals surface area (Å²) >= 11 is 0. The summed E-state index contributed by atoms with van der Waals surface area (Å²) in [6, 6.07) is 9.58. The van der Waals surface area contributed by atoms with Crippen LogP contribution in [0, 0.1) is 0 Å². The lowest BCUT2D eigenvalue weighted by Crippen LogP contribution is -2.12. The zero-order valence-electron chi connectivity index (χ0n) is 23.2. The number of aromatic carboxylic acids is 1. The Morgan fingerprint density at radius 1 is 1.03 bits per heavy atom. The third-order valence-corrected chi connectivity index (χ3v) is 8.09. The maximum Gasteiger partial charge on any atom is 0.339 e. The van der Waals surface area contributed by atoms with Gasteiger partial charge in [-0.15, -0.1) is 5.10 Å². The van der Waals surface area contributed by atoms with E-state index in [4.69, 9.17) is 0 Å². The Balaban J connectivity index is 0.000000157. The van der Waals surface area contributed by atoms with E-state index in [0.29, 0.717) is 5.41 Å². The summed E-state index contributed by atoms with van der Waals surface area (Å²) in [5, 5.41) is 29.0. The lowest BCUT2D eigenvalue weighted by molar-refractivity contribution is 0.0695. The highest BCUT2D eigenvalue weighted by Gasteiger charge is 2.46. The molecule has 0 amide bonds. The van der Waals surface area contributed by atoms with Crippen LogP contribution < -0.4 is 0 Å². The zero-order chi connectivity index (χ0) is 27.4. The number of carbonyl (C=O) groups is 1. The minimum atomic E-state index is -0.952. The number of hydrogen-bond donors (Lipinski definition) is 2. The molecule has 2 N–H and O–H groups in total. The number of nitrogens with zero attached hydrogens (tertiary/aromatic N) is 6. The first kappa shape index (κ1) is 26.8. The SMILES string of the molecule is C1CCCCC1.CC1(C)CCc2cn[nH]c21.Cn1cc(C2CC2c2c(C(=O)O)cnn2-c2ccccc2)nn1. The molecule has 206 valence electrons. The van der Waals surface area contributed by atoms with Gasteiger partial charge in [0.1, 0.15) is 5.56 Å². The largest absolute Gasteiger partial charge is 0.478 e. The number of para-hydroxylation sites is 1. The van der Waals surface area contributed by atoms with E-state index in [1.54, 1.807) is 9.36 Å². The van der Waals surface area contributed by atoms with Crippen LogP contribution in [-0.2, 0) is 18.9 Å². The van der Waals surface area contributed by atoms with Gasteiger partial charge in [0.05, 0.1) is 29.5 Å². The second kappa shape index (κ2) is 11.6. The number of fused-ring (bicyclic) bond motifs is 1. The zero-order valence-corrected chi connectivity index (χ0v) is 23.2. The van der Waals surface area contributed by atoms with Gasteiger partial charge in [0.25, 0.3) is 0 Å². The number of rotatable bonds is 4. The molecule has 3 heterocycles. The smallest absolute Gasteiger partial charge is 0.339 e. The van der Waals surface area contributed by atoms with Crippen LogP contribution in [-0.4, -0.2) is 46.0 Å². The molecule has 9 nitrogen and oxygen atoms in total. The van der Waals surface area contributed by atoms with E-state index in [0.717, 1.165) is 23.5 Å². The van der Waals surface area contributed by atoms with Gasteiger partial charge in [0.2, 0.25) is 0 Å². The molecule has 9 heteroatoms. The van der Waals surface area contributed by atoms with Crippen LogP contribution in [0.5, 0.6) is 0 Å². The molecule has 0 aliphatic heterocycles. The van der Waals surface area contributed by atoms with Crippen LogP contribution in [0.4, 0.5) is 0 Å². The molecule has 39 heavy (non-hydrogen) atoms. The van der Waals surface area contributed by atoms with Crippen molar-refractivity contribution in [3.8, 4) is 5.69 Å². The average Bonchev–Trinajstić information content (AvgIpc) is 3.35. The van der Waals surface area contributed by atoms with E-state index in [1.807, 2.05) is 49.8 Å². The summed E-state index contributed by atoms with van der Waals surface area (Å²) in [6.45, 7) is 4.52. The first-order valence-corrected chi connectivity index (χ1v) is 14.1. The van der Waals surface area contributed by atoms with Crippen molar-refractivity contribution in [3.63, 3.8) is 0 Å². The fraction of sp³-hybridized carbons (Fsp3) is 0.500. The summed E-state index contributed by atoms with van der Waals surface area (Å²) in [4.78, 5) is 11.6. The molecule has 2 unspecified atom stereocenters. The number of aromatic amines is 1. The van der Waals surface area contributed by atoms with Crippen molar-refractivity contribution in [2.45, 2.75) is 88.9 Å². The fourth-order valence-electron chi connectivity index (χ4n) is 5.73. The molecule has 2 saturated carbocycles. The number of benzene rings is 1. The Morgan fingerprint density at radius 3 is 2.31 bits per heavy atom. The number of aromatic nitrogens is 7. The Kier molecular flexibility index (Phi) is 7.95. The first-order valence-electron chi connectivity index (χ1n) is 14.1. The van der Waals surface area contributed by atoms with Gasteiger partial charge < -0.3 is 5.11 Å². The third-order valence-electron chi connectivity index (χ3n) is 8.09. The van der Waals surface area contributed by atoms with Gasteiger partial charge in [-0.2, -0.15) is 10.2 Å². The molecule has 3 aliphatic carbocycles. The number of carboxylic acids is 1. The molecule has 0 radical (unpaired) electrons. The normalized spacial score (nSPS) is 20.7. The van der Waals surface area contributed by atoms with Crippen LogP contribution in [0.2, 0.25) is 0 Å². The predicted molar refractivity (Wildman–Crippen MR) is 149 cm³/mol.